The molecule has 0 amide bonds. The van der Waals surface area contributed by atoms with E-state index in [0.29, 0.717) is 11.2 Å². The molecule has 0 bridgehead atoms. The van der Waals surface area contributed by atoms with Gasteiger partial charge in [0, 0.05) is 17.8 Å². The first-order valence-electron chi connectivity index (χ1n) is 11.1. The molecular weight excluding hydrogens is 342 g/mol. The van der Waals surface area contributed by atoms with E-state index in [-0.39, 0.29) is 11.3 Å². The lowest BCUT2D eigenvalue weighted by Crippen LogP contribution is -2.21. The molecule has 4 rings (SSSR count). The highest BCUT2D eigenvalue weighted by atomic mass is 16.1. The second-order valence-corrected chi connectivity index (χ2v) is 10.5. The lowest BCUT2D eigenvalue weighted by Gasteiger charge is -2.25. The summed E-state index contributed by atoms with van der Waals surface area (Å²) < 4.78 is 2.18. The predicted octanol–water partition coefficient (Wildman–Crippen LogP) is 6.90. The Labute approximate surface area is 170 Å². The molecule has 28 heavy (non-hydrogen) atoms. The van der Waals surface area contributed by atoms with Crippen molar-refractivity contribution in [3.63, 3.8) is 0 Å². The van der Waals surface area contributed by atoms with Crippen LogP contribution in [-0.2, 0) is 10.8 Å². The summed E-state index contributed by atoms with van der Waals surface area (Å²) in [5, 5.41) is 0. The minimum absolute atomic E-state index is 0.0890. The van der Waals surface area contributed by atoms with E-state index >= 15 is 0 Å². The van der Waals surface area contributed by atoms with E-state index in [1.807, 2.05) is 0 Å². The molecule has 1 heterocycles. The third-order valence-corrected chi connectivity index (χ3v) is 7.06. The molecule has 0 spiro atoms. The van der Waals surface area contributed by atoms with E-state index in [1.165, 1.54) is 43.2 Å². The Morgan fingerprint density at radius 1 is 1.07 bits per heavy atom. The van der Waals surface area contributed by atoms with Crippen LogP contribution < -0.4 is 0 Å². The van der Waals surface area contributed by atoms with Crippen LogP contribution in [0.5, 0.6) is 0 Å². The number of benzene rings is 1. The van der Waals surface area contributed by atoms with Crippen LogP contribution in [0.2, 0.25) is 0 Å². The molecule has 2 nitrogen and oxygen atoms in total. The summed E-state index contributed by atoms with van der Waals surface area (Å²) in [5.41, 5.74) is 6.36. The average molecular weight is 378 g/mol. The Kier molecular flexibility index (Phi) is 4.80. The molecule has 0 radical (unpaired) electrons. The molecule has 2 aromatic rings. The zero-order valence-corrected chi connectivity index (χ0v) is 18.3. The van der Waals surface area contributed by atoms with Crippen LogP contribution in [0.25, 0.3) is 5.69 Å². The second-order valence-electron chi connectivity index (χ2n) is 10.5. The van der Waals surface area contributed by atoms with Gasteiger partial charge in [-0.25, -0.2) is 0 Å². The van der Waals surface area contributed by atoms with E-state index in [1.54, 1.807) is 0 Å². The molecular formula is C26H35NO. The van der Waals surface area contributed by atoms with Gasteiger partial charge in [-0.15, -0.1) is 0 Å². The maximum absolute atomic E-state index is 13.4. The van der Waals surface area contributed by atoms with Gasteiger partial charge in [0.1, 0.15) is 0 Å². The summed E-state index contributed by atoms with van der Waals surface area (Å²) in [5.74, 6) is 0.551. The van der Waals surface area contributed by atoms with Crippen molar-refractivity contribution in [1.29, 1.82) is 0 Å². The standard InChI is InChI=1S/C26H35NO/c1-18-11-14-27(23(18)24(28)19-9-7-6-8-10-19)22-16-20(25(2,3)4)15-21(17-22)26(5)12-13-26/h11,14-17,19H,6-10,12-13H2,1-5H3. The lowest BCUT2D eigenvalue weighted by atomic mass is 9.83. The van der Waals surface area contributed by atoms with E-state index < -0.39 is 0 Å². The molecule has 0 unspecified atom stereocenters. The molecule has 2 aliphatic carbocycles. The Morgan fingerprint density at radius 2 is 1.75 bits per heavy atom. The van der Waals surface area contributed by atoms with Gasteiger partial charge >= 0.3 is 0 Å². The second kappa shape index (κ2) is 6.90. The van der Waals surface area contributed by atoms with E-state index in [0.717, 1.165) is 29.8 Å². The summed E-state index contributed by atoms with van der Waals surface area (Å²) in [4.78, 5) is 13.4. The molecule has 1 aromatic heterocycles. The van der Waals surface area contributed by atoms with Gasteiger partial charge in [0.2, 0.25) is 0 Å². The number of rotatable bonds is 4. The molecule has 0 saturated heterocycles. The van der Waals surface area contributed by atoms with Crippen molar-refractivity contribution >= 4 is 5.78 Å². The molecule has 0 N–H and O–H groups in total. The molecule has 2 heteroatoms. The van der Waals surface area contributed by atoms with Gasteiger partial charge in [0.25, 0.3) is 0 Å². The summed E-state index contributed by atoms with van der Waals surface area (Å²) in [6.07, 6.45) is 10.4. The fourth-order valence-electron chi connectivity index (χ4n) is 4.62. The van der Waals surface area contributed by atoms with Crippen LogP contribution in [0.3, 0.4) is 0 Å². The minimum Gasteiger partial charge on any atom is -0.314 e. The topological polar surface area (TPSA) is 22.0 Å². The van der Waals surface area contributed by atoms with Crippen molar-refractivity contribution in [2.75, 3.05) is 0 Å². The van der Waals surface area contributed by atoms with E-state index in [2.05, 4.69) is 69.6 Å². The Morgan fingerprint density at radius 3 is 2.36 bits per heavy atom. The van der Waals surface area contributed by atoms with Crippen LogP contribution >= 0.6 is 0 Å². The number of hydrogen-bond donors (Lipinski definition) is 0. The molecule has 0 aliphatic heterocycles. The summed E-state index contributed by atoms with van der Waals surface area (Å²) in [6.45, 7) is 11.3. The molecule has 2 fully saturated rings. The zero-order valence-electron chi connectivity index (χ0n) is 18.3. The summed E-state index contributed by atoms with van der Waals surface area (Å²) in [6, 6.07) is 9.14. The van der Waals surface area contributed by atoms with E-state index in [4.69, 9.17) is 0 Å². The van der Waals surface area contributed by atoms with Crippen LogP contribution in [-0.4, -0.2) is 10.4 Å². The van der Waals surface area contributed by atoms with Gasteiger partial charge in [-0.1, -0.05) is 53.0 Å². The van der Waals surface area contributed by atoms with Gasteiger partial charge < -0.3 is 4.57 Å². The number of aryl methyl sites for hydroxylation is 1. The normalized spacial score (nSPS) is 19.6. The first-order chi connectivity index (χ1) is 13.2. The van der Waals surface area contributed by atoms with Crippen molar-refractivity contribution < 1.29 is 4.79 Å². The lowest BCUT2D eigenvalue weighted by molar-refractivity contribution is 0.0882. The number of carbonyl (C=O) groups excluding carboxylic acids is 1. The zero-order chi connectivity index (χ0) is 20.1. The molecule has 1 aromatic carbocycles. The molecule has 2 saturated carbocycles. The number of carbonyl (C=O) groups is 1. The van der Waals surface area contributed by atoms with Crippen LogP contribution in [0.4, 0.5) is 0 Å². The Hall–Kier alpha value is -1.83. The average Bonchev–Trinajstić information content (AvgIpc) is 3.31. The number of Topliss-reactive ketones (excluding diaryl/α,β-unsaturated/α-hetero) is 1. The predicted molar refractivity (Wildman–Crippen MR) is 117 cm³/mol. The number of hydrogen-bond acceptors (Lipinski definition) is 1. The number of ketones is 1. The fraction of sp³-hybridized carbons (Fsp3) is 0.577. The fourth-order valence-corrected chi connectivity index (χ4v) is 4.62. The van der Waals surface area contributed by atoms with Crippen molar-refractivity contribution in [2.45, 2.75) is 90.4 Å². The maximum Gasteiger partial charge on any atom is 0.182 e. The van der Waals surface area contributed by atoms with Crippen LogP contribution in [0.15, 0.2) is 30.5 Å². The first-order valence-corrected chi connectivity index (χ1v) is 11.1. The highest BCUT2D eigenvalue weighted by Crippen LogP contribution is 2.49. The molecule has 150 valence electrons. The SMILES string of the molecule is Cc1ccn(-c2cc(C(C)(C)C)cc(C3(C)CC3)c2)c1C(=O)C1CCCCC1. The summed E-state index contributed by atoms with van der Waals surface area (Å²) in [7, 11) is 0. The number of nitrogens with zero attached hydrogens (tertiary/aromatic N) is 1. The Bertz CT molecular complexity index is 862. The van der Waals surface area contributed by atoms with Crippen molar-refractivity contribution in [1.82, 2.24) is 4.57 Å². The van der Waals surface area contributed by atoms with Crippen LogP contribution in [0, 0.1) is 12.8 Å². The van der Waals surface area contributed by atoms with Crippen LogP contribution in [0.1, 0.15) is 99.8 Å². The highest BCUT2D eigenvalue weighted by molar-refractivity contribution is 5.98. The highest BCUT2D eigenvalue weighted by Gasteiger charge is 2.40. The summed E-state index contributed by atoms with van der Waals surface area (Å²) >= 11 is 0. The maximum atomic E-state index is 13.4. The largest absolute Gasteiger partial charge is 0.314 e. The minimum atomic E-state index is 0.0890. The third kappa shape index (κ3) is 3.58. The van der Waals surface area contributed by atoms with Gasteiger partial charge in [-0.3, -0.25) is 4.79 Å². The van der Waals surface area contributed by atoms with Crippen molar-refractivity contribution in [2.24, 2.45) is 5.92 Å². The smallest absolute Gasteiger partial charge is 0.182 e. The van der Waals surface area contributed by atoms with Gasteiger partial charge in [0.15, 0.2) is 5.78 Å². The van der Waals surface area contributed by atoms with Gasteiger partial charge in [-0.2, -0.15) is 0 Å². The van der Waals surface area contributed by atoms with Gasteiger partial charge in [-0.05, 0) is 78.3 Å². The first kappa shape index (κ1) is 19.5. The molecule has 2 aliphatic rings. The number of aromatic nitrogens is 1. The monoisotopic (exact) mass is 377 g/mol. The van der Waals surface area contributed by atoms with Crippen molar-refractivity contribution in [3.8, 4) is 5.69 Å². The van der Waals surface area contributed by atoms with Gasteiger partial charge in [0.05, 0.1) is 5.69 Å². The third-order valence-electron chi connectivity index (χ3n) is 7.06. The molecule has 0 atom stereocenters. The Balaban J connectivity index is 1.80. The van der Waals surface area contributed by atoms with Crippen molar-refractivity contribution in [3.05, 3.63) is 52.8 Å². The quantitative estimate of drug-likeness (QED) is 0.531. The van der Waals surface area contributed by atoms with E-state index in [9.17, 15) is 4.79 Å².